The normalized spacial score (nSPS) is 25.0. The first-order valence-electron chi connectivity index (χ1n) is 38.5. The second-order valence-corrected chi connectivity index (χ2v) is 30.1. The molecule has 660 valence electrons. The van der Waals surface area contributed by atoms with Crippen LogP contribution in [0.25, 0.3) is 0 Å². The molecule has 7 aliphatic rings. The standard InChI is InChI=1S/C17H20FNO4.C15H16FNO4.C15H15FO5.C14H16FNO5S.C14H15FO4.C13H13FO3/c18-15(12-4-2-1-3-5-12)16(21)17-13(6-7-14(20)23-17)19-8-10-22-11-9-19;1-9(18)17-11-7-8-12(19)21-15(11)14(20)13(16)10-5-3-2-4-6-10;1-9(17)20-11-7-8-12(18)21-15(11)14(19)13(16)10-5-3-2-4-6-10;1-22(19,20)16-10-7-8-11(17)21-14(10)13(18)12(15)9-5-3-2-4-6-9;1-18-10-7-8-11(16)19-14(10)13(17)12(15)9-5-3-2-4-6-9;14-12(9-5-2-1-3-6-9)13(16)10-7-4-8-11(15)17-10/h1-7,13,15-17,21H,8-11H2;2-8,11,13-15,20H,1H3,(H,17,18);2-8,11,13-15,19H,1H3;2-8,10,12-14,16,18H,1H3;2-8,10,12-14,17H,1H3;1-6,8,10,12-13,16H,7H2/t13-,15+,16-,17+;2*11-,13+,14-,15+;2*10-,12+,13-,14+;10-,12-,13-/m000001/s1. The van der Waals surface area contributed by atoms with Gasteiger partial charge >= 0.3 is 41.8 Å². The number of rotatable bonds is 24. The topological polar surface area (TPSA) is 402 Å². The molecule has 0 bridgehead atoms. The minimum atomic E-state index is -3.62. The number of amides is 1. The Morgan fingerprint density at radius 1 is 0.407 bits per heavy atom. The van der Waals surface area contributed by atoms with E-state index in [-0.39, 0.29) is 28.6 Å². The summed E-state index contributed by atoms with van der Waals surface area (Å²) in [6.07, 6.45) is -10.7. The van der Waals surface area contributed by atoms with Gasteiger partial charge in [0.25, 0.3) is 0 Å². The number of alkyl halides is 6. The maximum atomic E-state index is 14.7. The van der Waals surface area contributed by atoms with Crippen LogP contribution in [-0.2, 0) is 91.0 Å². The summed E-state index contributed by atoms with van der Waals surface area (Å²) in [5.74, 6) is -4.86. The molecule has 0 aliphatic carbocycles. The van der Waals surface area contributed by atoms with Gasteiger partial charge in [0.15, 0.2) is 73.7 Å². The lowest BCUT2D eigenvalue weighted by Crippen LogP contribution is -2.55. The molecule has 1 saturated heterocycles. The zero-order chi connectivity index (χ0) is 89.5. The molecule has 6 aromatic rings. The molecular formula is C88H95F6N3O25S. The molecule has 8 N–H and O–H groups in total. The fraction of sp³-hybridized carbons (Fsp3) is 0.364. The number of sulfonamides is 1. The van der Waals surface area contributed by atoms with Crippen molar-refractivity contribution in [1.29, 1.82) is 0 Å². The van der Waals surface area contributed by atoms with Crippen molar-refractivity contribution in [3.63, 3.8) is 0 Å². The molecule has 123 heavy (non-hydrogen) atoms. The number of nitrogens with one attached hydrogen (secondary N) is 2. The highest BCUT2D eigenvalue weighted by Crippen LogP contribution is 2.35. The summed E-state index contributed by atoms with van der Waals surface area (Å²) in [7, 11) is -2.22. The van der Waals surface area contributed by atoms with Crippen molar-refractivity contribution in [3.05, 3.63) is 288 Å². The highest BCUT2D eigenvalue weighted by atomic mass is 32.2. The van der Waals surface area contributed by atoms with Crippen LogP contribution >= 0.6 is 0 Å². The molecule has 23 atom stereocenters. The van der Waals surface area contributed by atoms with E-state index in [4.69, 9.17) is 42.6 Å². The zero-order valence-corrected chi connectivity index (χ0v) is 67.4. The number of cyclic esters (lactones) is 6. The summed E-state index contributed by atoms with van der Waals surface area (Å²) in [6.45, 7) is 4.91. The number of benzene rings is 6. The summed E-state index contributed by atoms with van der Waals surface area (Å²) in [6, 6.07) is 46.8. The molecular weight excluding hydrogens is 1650 g/mol. The van der Waals surface area contributed by atoms with E-state index in [9.17, 15) is 104 Å². The van der Waals surface area contributed by atoms with E-state index in [0.29, 0.717) is 49.4 Å². The zero-order valence-electron chi connectivity index (χ0n) is 66.6. The van der Waals surface area contributed by atoms with Crippen molar-refractivity contribution in [2.24, 2.45) is 0 Å². The third-order valence-electron chi connectivity index (χ3n) is 19.3. The smallest absolute Gasteiger partial charge is 0.331 e. The van der Waals surface area contributed by atoms with Crippen molar-refractivity contribution >= 4 is 57.7 Å². The highest BCUT2D eigenvalue weighted by molar-refractivity contribution is 7.88. The number of methoxy groups -OCH3 is 1. The van der Waals surface area contributed by atoms with E-state index in [1.165, 1.54) is 99.9 Å². The van der Waals surface area contributed by atoms with Crippen LogP contribution in [0.2, 0.25) is 0 Å². The quantitative estimate of drug-likeness (QED) is 0.0163. The number of halogens is 6. The summed E-state index contributed by atoms with van der Waals surface area (Å²) in [5.41, 5.74) is 1.81. The number of nitrogens with zero attached hydrogens (tertiary/aromatic N) is 1. The number of morpholine rings is 1. The molecule has 7 aliphatic heterocycles. The molecule has 0 radical (unpaired) electrons. The molecule has 0 aromatic heterocycles. The van der Waals surface area contributed by atoms with Gasteiger partial charge in [0, 0.05) is 76.9 Å². The van der Waals surface area contributed by atoms with Gasteiger partial charge in [-0.15, -0.1) is 0 Å². The van der Waals surface area contributed by atoms with E-state index < -0.39 is 186 Å². The molecule has 0 saturated carbocycles. The molecule has 35 heteroatoms. The van der Waals surface area contributed by atoms with E-state index in [2.05, 4.69) is 10.0 Å². The Balaban J connectivity index is 0.000000184. The van der Waals surface area contributed by atoms with Crippen LogP contribution in [0.1, 0.15) is 90.7 Å². The Bertz CT molecular complexity index is 4600. The van der Waals surface area contributed by atoms with E-state index in [1.807, 2.05) is 4.90 Å². The van der Waals surface area contributed by atoms with Crippen LogP contribution in [0.15, 0.2) is 255 Å². The average Bonchev–Trinajstić information content (AvgIpc) is 0.819. The predicted octanol–water partition coefficient (Wildman–Crippen LogP) is 7.70. The van der Waals surface area contributed by atoms with E-state index in [1.54, 1.807) is 158 Å². The van der Waals surface area contributed by atoms with Crippen LogP contribution in [-0.4, -0.2) is 235 Å². The summed E-state index contributed by atoms with van der Waals surface area (Å²) < 4.78 is 156. The predicted molar refractivity (Wildman–Crippen MR) is 428 cm³/mol. The van der Waals surface area contributed by atoms with Crippen molar-refractivity contribution in [2.45, 2.75) is 161 Å². The van der Waals surface area contributed by atoms with Gasteiger partial charge in [-0.25, -0.2) is 68.2 Å². The van der Waals surface area contributed by atoms with Crippen LogP contribution < -0.4 is 10.0 Å². The van der Waals surface area contributed by atoms with Crippen LogP contribution in [0, 0.1) is 0 Å². The molecule has 28 nitrogen and oxygen atoms in total. The summed E-state index contributed by atoms with van der Waals surface area (Å²) in [5, 5.41) is 63.3. The Morgan fingerprint density at radius 3 is 1.07 bits per heavy atom. The number of carbonyl (C=O) groups is 8. The van der Waals surface area contributed by atoms with Gasteiger partial charge < -0.3 is 78.6 Å². The number of hydrogen-bond acceptors (Lipinski definition) is 26. The minimum Gasteiger partial charge on any atom is -0.456 e. The second-order valence-electron chi connectivity index (χ2n) is 28.3. The third kappa shape index (κ3) is 29.4. The van der Waals surface area contributed by atoms with Gasteiger partial charge in [-0.05, 0) is 45.5 Å². The van der Waals surface area contributed by atoms with Crippen LogP contribution in [0.5, 0.6) is 0 Å². The van der Waals surface area contributed by atoms with Gasteiger partial charge in [-0.3, -0.25) is 14.5 Å². The van der Waals surface area contributed by atoms with Gasteiger partial charge in [0.05, 0.1) is 37.6 Å². The number of carbonyl (C=O) groups excluding carboxylic acids is 8. The molecule has 13 rings (SSSR count). The average molecular weight is 1740 g/mol. The van der Waals surface area contributed by atoms with Crippen molar-refractivity contribution in [3.8, 4) is 0 Å². The van der Waals surface area contributed by atoms with Crippen molar-refractivity contribution in [1.82, 2.24) is 14.9 Å². The Hall–Kier alpha value is -11.4. The van der Waals surface area contributed by atoms with Crippen molar-refractivity contribution in [2.75, 3.05) is 39.7 Å². The number of ether oxygens (including phenoxy) is 9. The van der Waals surface area contributed by atoms with Gasteiger partial charge in [0.1, 0.15) is 48.8 Å². The fourth-order valence-electron chi connectivity index (χ4n) is 13.2. The monoisotopic (exact) mass is 1740 g/mol. The lowest BCUT2D eigenvalue weighted by Gasteiger charge is -2.40. The largest absolute Gasteiger partial charge is 0.456 e. The number of esters is 7. The van der Waals surface area contributed by atoms with E-state index in [0.717, 1.165) is 24.5 Å². The maximum Gasteiger partial charge on any atom is 0.331 e. The lowest BCUT2D eigenvalue weighted by molar-refractivity contribution is -0.174. The fourth-order valence-corrected chi connectivity index (χ4v) is 13.9. The molecule has 1 amide bonds. The first-order valence-corrected chi connectivity index (χ1v) is 40.4. The molecule has 0 unspecified atom stereocenters. The Kier molecular flexibility index (Phi) is 37.8. The SMILES string of the molecule is CC(=O)N[C@H]1C=CC(=O)O[C@H]1[C@@H](O)[C@H](F)c1ccccc1.CC(=O)O[C@H]1C=CC(=O)O[C@H]1[C@@H](O)[C@H](F)c1ccccc1.CO[C@H]1C=CC(=O)O[C@H]1[C@@H](O)[C@H](F)c1ccccc1.CS(=O)(=O)N[C@H]1C=CC(=O)O[C@H]1[C@@H](O)[C@H](F)c1ccccc1.O=C1C=CC[C@H]([C@@H](O)[C@H](F)c2ccccc2)O1.O=C1C=C[C@H](N2CCOCC2)[C@H]([C@@H](O)[C@H](F)c2ccccc2)O1. The first-order chi connectivity index (χ1) is 58.7. The summed E-state index contributed by atoms with van der Waals surface area (Å²) >= 11 is 0. The van der Waals surface area contributed by atoms with Gasteiger partial charge in [-0.2, -0.15) is 0 Å². The van der Waals surface area contributed by atoms with Gasteiger partial charge in [0.2, 0.25) is 15.9 Å². The van der Waals surface area contributed by atoms with E-state index >= 15 is 0 Å². The highest BCUT2D eigenvalue weighted by Gasteiger charge is 2.45. The van der Waals surface area contributed by atoms with Gasteiger partial charge in [-0.1, -0.05) is 206 Å². The minimum absolute atomic E-state index is 0.207. The first kappa shape index (κ1) is 97.1. The Labute approximate surface area is 704 Å². The Morgan fingerprint density at radius 2 is 0.707 bits per heavy atom. The molecule has 6 aromatic carbocycles. The van der Waals surface area contributed by atoms with Crippen LogP contribution in [0.4, 0.5) is 26.3 Å². The van der Waals surface area contributed by atoms with Crippen LogP contribution in [0.3, 0.4) is 0 Å². The summed E-state index contributed by atoms with van der Waals surface area (Å²) in [4.78, 5) is 91.9. The maximum absolute atomic E-state index is 14.7. The van der Waals surface area contributed by atoms with Crippen molar-refractivity contribution < 1.29 is 146 Å². The number of hydrogen-bond donors (Lipinski definition) is 8. The molecule has 1 fully saturated rings. The molecule has 7 heterocycles. The lowest BCUT2D eigenvalue weighted by atomic mass is 9.94. The molecule has 0 spiro atoms. The number of aliphatic hydroxyl groups excluding tert-OH is 6. The number of aliphatic hydroxyl groups is 6. The third-order valence-corrected chi connectivity index (χ3v) is 20.0. The second kappa shape index (κ2) is 47.9.